The molecule has 2 aromatic rings. The third kappa shape index (κ3) is 4.48. The first-order valence-electron chi connectivity index (χ1n) is 7.08. The van der Waals surface area contributed by atoms with Crippen LogP contribution in [0.4, 0.5) is 5.69 Å². The Balaban J connectivity index is 2.13. The Morgan fingerprint density at radius 3 is 2.35 bits per heavy atom. The van der Waals surface area contributed by atoms with E-state index in [1.807, 2.05) is 26.8 Å². The fourth-order valence-corrected chi connectivity index (χ4v) is 1.92. The molecule has 0 atom stereocenters. The van der Waals surface area contributed by atoms with E-state index < -0.39 is 5.41 Å². The molecule has 0 aliphatic carbocycles. The van der Waals surface area contributed by atoms with Crippen molar-refractivity contribution in [3.63, 3.8) is 0 Å². The van der Waals surface area contributed by atoms with Gasteiger partial charge in [0.2, 0.25) is 5.91 Å². The highest BCUT2D eigenvalue weighted by Gasteiger charge is 2.21. The lowest BCUT2D eigenvalue weighted by Crippen LogP contribution is -2.27. The zero-order chi connectivity index (χ0) is 17.0. The molecule has 0 saturated carbocycles. The maximum absolute atomic E-state index is 12.0. The molecule has 1 amide bonds. The summed E-state index contributed by atoms with van der Waals surface area (Å²) in [5.41, 5.74) is 0.690. The molecule has 0 aromatic heterocycles. The fraction of sp³-hybridized carbons (Fsp3) is 0.222. The second-order valence-electron chi connectivity index (χ2n) is 6.09. The molecule has 0 unspecified atom stereocenters. The van der Waals surface area contributed by atoms with Gasteiger partial charge in [0, 0.05) is 11.1 Å². The number of halogens is 1. The molecule has 4 nitrogen and oxygen atoms in total. The largest absolute Gasteiger partial charge is 0.456 e. The van der Waals surface area contributed by atoms with Gasteiger partial charge in [0.15, 0.2) is 0 Å². The molecule has 0 radical (unpaired) electrons. The van der Waals surface area contributed by atoms with Crippen LogP contribution in [0.25, 0.3) is 0 Å². The molecule has 5 heteroatoms. The van der Waals surface area contributed by atoms with E-state index in [0.717, 1.165) is 0 Å². The van der Waals surface area contributed by atoms with Gasteiger partial charge >= 0.3 is 0 Å². The first-order chi connectivity index (χ1) is 10.8. The third-order valence-electron chi connectivity index (χ3n) is 3.08. The number of nitrogens with zero attached hydrogens (tertiary/aromatic N) is 1. The summed E-state index contributed by atoms with van der Waals surface area (Å²) < 4.78 is 5.68. The van der Waals surface area contributed by atoms with Gasteiger partial charge in [-0.15, -0.1) is 0 Å². The molecule has 118 valence electrons. The van der Waals surface area contributed by atoms with Crippen LogP contribution in [0.2, 0.25) is 5.02 Å². The highest BCUT2D eigenvalue weighted by Crippen LogP contribution is 2.32. The van der Waals surface area contributed by atoms with Gasteiger partial charge in [-0.05, 0) is 42.5 Å². The Labute approximate surface area is 140 Å². The molecular weight excluding hydrogens is 312 g/mol. The predicted octanol–water partition coefficient (Wildman–Crippen LogP) is 4.99. The minimum Gasteiger partial charge on any atom is -0.456 e. The molecule has 1 N–H and O–H groups in total. The Morgan fingerprint density at radius 1 is 1.17 bits per heavy atom. The van der Waals surface area contributed by atoms with Crippen LogP contribution in [0.3, 0.4) is 0 Å². The first-order valence-corrected chi connectivity index (χ1v) is 7.46. The summed E-state index contributed by atoms with van der Waals surface area (Å²) in [7, 11) is 0. The number of benzene rings is 2. The Bertz CT molecular complexity index is 756. The van der Waals surface area contributed by atoms with Crippen molar-refractivity contribution in [3.05, 3.63) is 53.1 Å². The van der Waals surface area contributed by atoms with Crippen molar-refractivity contribution in [2.24, 2.45) is 5.41 Å². The van der Waals surface area contributed by atoms with Gasteiger partial charge in [-0.3, -0.25) is 4.79 Å². The number of anilines is 1. The van der Waals surface area contributed by atoms with E-state index >= 15 is 0 Å². The number of amides is 1. The van der Waals surface area contributed by atoms with Gasteiger partial charge in [0.05, 0.1) is 16.7 Å². The quantitative estimate of drug-likeness (QED) is 0.863. The lowest BCUT2D eigenvalue weighted by Gasteiger charge is -2.18. The van der Waals surface area contributed by atoms with E-state index in [2.05, 4.69) is 5.32 Å². The van der Waals surface area contributed by atoms with Crippen molar-refractivity contribution in [1.29, 1.82) is 5.26 Å². The van der Waals surface area contributed by atoms with Crippen molar-refractivity contribution in [2.45, 2.75) is 20.8 Å². The minimum atomic E-state index is -0.482. The average Bonchev–Trinajstić information content (AvgIpc) is 2.50. The number of nitriles is 1. The molecule has 0 bridgehead atoms. The Morgan fingerprint density at radius 2 is 1.83 bits per heavy atom. The zero-order valence-electron chi connectivity index (χ0n) is 13.2. The maximum atomic E-state index is 12.0. The second-order valence-corrected chi connectivity index (χ2v) is 6.49. The van der Waals surface area contributed by atoms with Gasteiger partial charge in [0.1, 0.15) is 11.5 Å². The predicted molar refractivity (Wildman–Crippen MR) is 90.8 cm³/mol. The van der Waals surface area contributed by atoms with Crippen LogP contribution < -0.4 is 10.1 Å². The van der Waals surface area contributed by atoms with Gasteiger partial charge in [-0.25, -0.2) is 0 Å². The molecule has 2 aromatic carbocycles. The summed E-state index contributed by atoms with van der Waals surface area (Å²) in [6.45, 7) is 5.52. The summed E-state index contributed by atoms with van der Waals surface area (Å²) in [6, 6.07) is 13.8. The van der Waals surface area contributed by atoms with Crippen molar-refractivity contribution in [3.8, 4) is 17.6 Å². The van der Waals surface area contributed by atoms with Gasteiger partial charge < -0.3 is 10.1 Å². The normalized spacial score (nSPS) is 10.7. The van der Waals surface area contributed by atoms with Crippen LogP contribution in [0, 0.1) is 16.7 Å². The van der Waals surface area contributed by atoms with Gasteiger partial charge in [-0.2, -0.15) is 5.26 Å². The van der Waals surface area contributed by atoms with Crippen molar-refractivity contribution in [2.75, 3.05) is 5.32 Å². The van der Waals surface area contributed by atoms with E-state index in [-0.39, 0.29) is 5.91 Å². The lowest BCUT2D eigenvalue weighted by molar-refractivity contribution is -0.123. The van der Waals surface area contributed by atoms with Crippen LogP contribution in [0.5, 0.6) is 11.5 Å². The van der Waals surface area contributed by atoms with Crippen LogP contribution >= 0.6 is 11.6 Å². The second kappa shape index (κ2) is 6.72. The van der Waals surface area contributed by atoms with Crippen LogP contribution in [0.1, 0.15) is 26.3 Å². The molecular formula is C18H17ClN2O2. The molecule has 0 saturated heterocycles. The molecule has 0 aliphatic heterocycles. The van der Waals surface area contributed by atoms with E-state index in [1.165, 1.54) is 0 Å². The van der Waals surface area contributed by atoms with E-state index in [9.17, 15) is 4.79 Å². The van der Waals surface area contributed by atoms with Crippen molar-refractivity contribution < 1.29 is 9.53 Å². The topological polar surface area (TPSA) is 62.1 Å². The SMILES string of the molecule is CC(C)(C)C(=O)Nc1ccc(Oc2ccc(C#N)cc2)c(Cl)c1. The summed E-state index contributed by atoms with van der Waals surface area (Å²) >= 11 is 6.21. The van der Waals surface area contributed by atoms with Gasteiger partial charge in [-0.1, -0.05) is 32.4 Å². The third-order valence-corrected chi connectivity index (χ3v) is 3.38. The monoisotopic (exact) mass is 328 g/mol. The number of rotatable bonds is 3. The highest BCUT2D eigenvalue weighted by atomic mass is 35.5. The molecule has 23 heavy (non-hydrogen) atoms. The van der Waals surface area contributed by atoms with E-state index in [1.54, 1.807) is 42.5 Å². The molecule has 0 heterocycles. The molecule has 0 fully saturated rings. The van der Waals surface area contributed by atoms with Crippen LogP contribution in [0.15, 0.2) is 42.5 Å². The highest BCUT2D eigenvalue weighted by molar-refractivity contribution is 6.32. The number of nitrogens with one attached hydrogen (secondary N) is 1. The fourth-order valence-electron chi connectivity index (χ4n) is 1.70. The minimum absolute atomic E-state index is 0.0886. The first kappa shape index (κ1) is 16.9. The number of carbonyl (C=O) groups is 1. The number of carbonyl (C=O) groups excluding carboxylic acids is 1. The summed E-state index contributed by atoms with van der Waals surface area (Å²) in [4.78, 5) is 12.0. The number of hydrogen-bond donors (Lipinski definition) is 1. The lowest BCUT2D eigenvalue weighted by atomic mass is 9.95. The molecule has 0 spiro atoms. The van der Waals surface area contributed by atoms with Crippen LogP contribution in [-0.2, 0) is 4.79 Å². The van der Waals surface area contributed by atoms with Crippen molar-refractivity contribution >= 4 is 23.2 Å². The summed E-state index contributed by atoms with van der Waals surface area (Å²) in [5, 5.41) is 12.0. The Hall–Kier alpha value is -2.51. The van der Waals surface area contributed by atoms with E-state index in [0.29, 0.717) is 27.8 Å². The summed E-state index contributed by atoms with van der Waals surface area (Å²) in [5.74, 6) is 0.969. The Kier molecular flexibility index (Phi) is 4.92. The zero-order valence-corrected chi connectivity index (χ0v) is 13.9. The molecule has 2 rings (SSSR count). The van der Waals surface area contributed by atoms with E-state index in [4.69, 9.17) is 21.6 Å². The smallest absolute Gasteiger partial charge is 0.229 e. The number of ether oxygens (including phenoxy) is 1. The van der Waals surface area contributed by atoms with Crippen LogP contribution in [-0.4, -0.2) is 5.91 Å². The molecule has 0 aliphatic rings. The summed E-state index contributed by atoms with van der Waals surface area (Å²) in [6.07, 6.45) is 0. The number of hydrogen-bond acceptors (Lipinski definition) is 3. The average molecular weight is 329 g/mol. The maximum Gasteiger partial charge on any atom is 0.229 e. The standard InChI is InChI=1S/C18H17ClN2O2/c1-18(2,3)17(22)21-13-6-9-16(15(19)10-13)23-14-7-4-12(11-20)5-8-14/h4-10H,1-3H3,(H,21,22). The van der Waals surface area contributed by atoms with Gasteiger partial charge in [0.25, 0.3) is 0 Å². The van der Waals surface area contributed by atoms with Crippen molar-refractivity contribution in [1.82, 2.24) is 0 Å².